The van der Waals surface area contributed by atoms with Crippen molar-refractivity contribution in [2.45, 2.75) is 13.0 Å². The van der Waals surface area contributed by atoms with Crippen LogP contribution >= 0.6 is 0 Å². The molecule has 2 aromatic rings. The van der Waals surface area contributed by atoms with Crippen LogP contribution < -0.4 is 19.5 Å². The van der Waals surface area contributed by atoms with E-state index in [9.17, 15) is 24.1 Å². The molecular formula is C21H21FN2O8. The maximum Gasteiger partial charge on any atom is 0.331 e. The molecule has 2 aromatic carbocycles. The molecular weight excluding hydrogens is 427 g/mol. The summed E-state index contributed by atoms with van der Waals surface area (Å²) in [6.45, 7) is 1.32. The number of carbonyl (C=O) groups excluding carboxylic acids is 2. The number of carbonyl (C=O) groups is 2. The molecule has 0 aliphatic carbocycles. The van der Waals surface area contributed by atoms with Crippen LogP contribution in [0.15, 0.2) is 36.4 Å². The molecule has 1 N–H and O–H groups in total. The summed E-state index contributed by atoms with van der Waals surface area (Å²) in [7, 11) is 4.37. The number of halogens is 1. The van der Waals surface area contributed by atoms with Gasteiger partial charge in [-0.05, 0) is 42.8 Å². The van der Waals surface area contributed by atoms with Crippen molar-refractivity contribution < 1.29 is 37.9 Å². The Morgan fingerprint density at radius 1 is 1.09 bits per heavy atom. The fourth-order valence-corrected chi connectivity index (χ4v) is 2.60. The number of nitro benzene ring substituents is 1. The molecule has 0 saturated carbocycles. The number of benzene rings is 2. The minimum Gasteiger partial charge on any atom is -0.493 e. The first-order valence-corrected chi connectivity index (χ1v) is 9.13. The summed E-state index contributed by atoms with van der Waals surface area (Å²) in [6.07, 6.45) is 1.31. The fraction of sp³-hybridized carbons (Fsp3) is 0.238. The number of hydrogen-bond acceptors (Lipinski definition) is 8. The summed E-state index contributed by atoms with van der Waals surface area (Å²) < 4.78 is 34.1. The predicted molar refractivity (Wildman–Crippen MR) is 112 cm³/mol. The lowest BCUT2D eigenvalue weighted by molar-refractivity contribution is -0.387. The highest BCUT2D eigenvalue weighted by atomic mass is 19.1. The molecule has 0 spiro atoms. The van der Waals surface area contributed by atoms with Gasteiger partial charge in [0, 0.05) is 17.8 Å². The first-order valence-electron chi connectivity index (χ1n) is 9.13. The maximum atomic E-state index is 13.4. The smallest absolute Gasteiger partial charge is 0.331 e. The number of esters is 1. The summed E-state index contributed by atoms with van der Waals surface area (Å²) in [6, 6.07) is 6.10. The number of nitrogens with zero attached hydrogens (tertiary/aromatic N) is 1. The summed E-state index contributed by atoms with van der Waals surface area (Å²) in [4.78, 5) is 34.2. The molecule has 0 bridgehead atoms. The molecule has 0 aliphatic rings. The summed E-state index contributed by atoms with van der Waals surface area (Å²) in [5, 5.41) is 13.1. The van der Waals surface area contributed by atoms with Gasteiger partial charge in [-0.15, -0.1) is 0 Å². The molecule has 10 nitrogen and oxygen atoms in total. The van der Waals surface area contributed by atoms with Crippen molar-refractivity contribution in [1.29, 1.82) is 0 Å². The molecule has 2 rings (SSSR count). The Bertz CT molecular complexity index is 1030. The second kappa shape index (κ2) is 10.8. The van der Waals surface area contributed by atoms with Gasteiger partial charge in [0.25, 0.3) is 5.91 Å². The van der Waals surface area contributed by atoms with Crippen LogP contribution in [0.3, 0.4) is 0 Å². The van der Waals surface area contributed by atoms with E-state index >= 15 is 0 Å². The topological polar surface area (TPSA) is 126 Å². The standard InChI is InChI=1S/C21H21FN2O8/c1-12(21(26)23-14-6-7-15(22)16(11-14)24(27)28)32-19(25)8-5-13-9-17(29-2)20(31-4)18(10-13)30-3/h5-12H,1-4H3,(H,23,26)/b8-5+. The van der Waals surface area contributed by atoms with Crippen LogP contribution in [-0.4, -0.2) is 44.2 Å². The molecule has 170 valence electrons. The number of nitrogens with one attached hydrogen (secondary N) is 1. The monoisotopic (exact) mass is 448 g/mol. The van der Waals surface area contributed by atoms with E-state index in [1.165, 1.54) is 34.3 Å². The van der Waals surface area contributed by atoms with Crippen molar-refractivity contribution in [3.05, 3.63) is 57.9 Å². The Morgan fingerprint density at radius 2 is 1.72 bits per heavy atom. The summed E-state index contributed by atoms with van der Waals surface area (Å²) in [5.41, 5.74) is -0.258. The van der Waals surface area contributed by atoms with Gasteiger partial charge in [-0.25, -0.2) is 4.79 Å². The van der Waals surface area contributed by atoms with Crippen molar-refractivity contribution in [2.24, 2.45) is 0 Å². The number of hydrogen-bond donors (Lipinski definition) is 1. The van der Waals surface area contributed by atoms with Crippen LogP contribution in [0.5, 0.6) is 17.2 Å². The zero-order valence-electron chi connectivity index (χ0n) is 17.7. The molecule has 0 saturated heterocycles. The Kier molecular flexibility index (Phi) is 8.11. The number of amides is 1. The third-order valence-corrected chi connectivity index (χ3v) is 4.17. The van der Waals surface area contributed by atoms with E-state index in [0.29, 0.717) is 22.8 Å². The Morgan fingerprint density at radius 3 is 2.25 bits per heavy atom. The number of methoxy groups -OCH3 is 3. The van der Waals surface area contributed by atoms with Gasteiger partial charge >= 0.3 is 11.7 Å². The highest BCUT2D eigenvalue weighted by Crippen LogP contribution is 2.38. The van der Waals surface area contributed by atoms with Crippen molar-refractivity contribution in [3.63, 3.8) is 0 Å². The lowest BCUT2D eigenvalue weighted by Crippen LogP contribution is -2.29. The van der Waals surface area contributed by atoms with E-state index in [0.717, 1.165) is 24.3 Å². The van der Waals surface area contributed by atoms with Crippen LogP contribution in [0, 0.1) is 15.9 Å². The van der Waals surface area contributed by atoms with E-state index in [4.69, 9.17) is 18.9 Å². The van der Waals surface area contributed by atoms with Crippen LogP contribution in [0.25, 0.3) is 6.08 Å². The van der Waals surface area contributed by atoms with Gasteiger partial charge in [-0.1, -0.05) is 0 Å². The maximum absolute atomic E-state index is 13.4. The van der Waals surface area contributed by atoms with E-state index in [1.54, 1.807) is 12.1 Å². The lowest BCUT2D eigenvalue weighted by atomic mass is 10.1. The van der Waals surface area contributed by atoms with Gasteiger partial charge in [0.1, 0.15) is 0 Å². The van der Waals surface area contributed by atoms with Crippen LogP contribution in [0.4, 0.5) is 15.8 Å². The zero-order chi connectivity index (χ0) is 23.8. The Balaban J connectivity index is 2.05. The van der Waals surface area contributed by atoms with E-state index in [2.05, 4.69) is 5.32 Å². The Labute approximate surface area is 182 Å². The highest BCUT2D eigenvalue weighted by molar-refractivity contribution is 5.96. The largest absolute Gasteiger partial charge is 0.493 e. The zero-order valence-corrected chi connectivity index (χ0v) is 17.7. The average molecular weight is 448 g/mol. The van der Waals surface area contributed by atoms with Crippen molar-refractivity contribution >= 4 is 29.3 Å². The molecule has 0 radical (unpaired) electrons. The first-order chi connectivity index (χ1) is 15.2. The number of ether oxygens (including phenoxy) is 4. The molecule has 1 unspecified atom stereocenters. The third-order valence-electron chi connectivity index (χ3n) is 4.17. The van der Waals surface area contributed by atoms with E-state index < -0.39 is 34.4 Å². The second-order valence-corrected chi connectivity index (χ2v) is 6.28. The van der Waals surface area contributed by atoms with Gasteiger partial charge < -0.3 is 24.3 Å². The van der Waals surface area contributed by atoms with Crippen molar-refractivity contribution in [2.75, 3.05) is 26.6 Å². The predicted octanol–water partition coefficient (Wildman–Crippen LogP) is 3.34. The van der Waals surface area contributed by atoms with Gasteiger partial charge in [-0.3, -0.25) is 14.9 Å². The fourth-order valence-electron chi connectivity index (χ4n) is 2.60. The molecule has 32 heavy (non-hydrogen) atoms. The normalized spacial score (nSPS) is 11.5. The Hall–Kier alpha value is -4.15. The molecule has 1 amide bonds. The van der Waals surface area contributed by atoms with Crippen molar-refractivity contribution in [1.82, 2.24) is 0 Å². The third kappa shape index (κ3) is 5.94. The van der Waals surface area contributed by atoms with Crippen LogP contribution in [-0.2, 0) is 14.3 Å². The van der Waals surface area contributed by atoms with Crippen LogP contribution in [0.2, 0.25) is 0 Å². The molecule has 0 fully saturated rings. The summed E-state index contributed by atoms with van der Waals surface area (Å²) in [5.74, 6) is -1.43. The van der Waals surface area contributed by atoms with Gasteiger partial charge in [-0.2, -0.15) is 4.39 Å². The van der Waals surface area contributed by atoms with Gasteiger partial charge in [0.05, 0.1) is 26.3 Å². The van der Waals surface area contributed by atoms with Crippen molar-refractivity contribution in [3.8, 4) is 17.2 Å². The van der Waals surface area contributed by atoms with E-state index in [1.807, 2.05) is 0 Å². The molecule has 11 heteroatoms. The highest BCUT2D eigenvalue weighted by Gasteiger charge is 2.20. The van der Waals surface area contributed by atoms with E-state index in [-0.39, 0.29) is 5.69 Å². The first kappa shape index (κ1) is 24.1. The number of rotatable bonds is 9. The molecule has 0 aliphatic heterocycles. The number of nitro groups is 1. The average Bonchev–Trinajstić information content (AvgIpc) is 2.77. The van der Waals surface area contributed by atoms with Gasteiger partial charge in [0.15, 0.2) is 17.6 Å². The summed E-state index contributed by atoms with van der Waals surface area (Å²) >= 11 is 0. The second-order valence-electron chi connectivity index (χ2n) is 6.28. The quantitative estimate of drug-likeness (QED) is 0.268. The molecule has 1 atom stereocenters. The molecule has 0 aromatic heterocycles. The van der Waals surface area contributed by atoms with Crippen LogP contribution in [0.1, 0.15) is 12.5 Å². The number of anilines is 1. The minimum atomic E-state index is -1.23. The minimum absolute atomic E-state index is 0.0148. The van der Waals surface area contributed by atoms with Gasteiger partial charge in [0.2, 0.25) is 11.6 Å². The molecule has 0 heterocycles. The SMILES string of the molecule is COc1cc(/C=C/C(=O)OC(C)C(=O)Nc2ccc(F)c([N+](=O)[O-])c2)cc(OC)c1OC. The lowest BCUT2D eigenvalue weighted by Gasteiger charge is -2.13.